The molecule has 0 heterocycles. The van der Waals surface area contributed by atoms with Crippen LogP contribution in [0.15, 0.2) is 0 Å². The monoisotopic (exact) mass is 108 g/mol. The molecule has 0 spiro atoms. The first-order valence-corrected chi connectivity index (χ1v) is 2.61. The van der Waals surface area contributed by atoms with Crippen molar-refractivity contribution >= 4 is 0 Å². The Morgan fingerprint density at radius 3 is 2.25 bits per heavy atom. The molecule has 2 nitrogen and oxygen atoms in total. The van der Waals surface area contributed by atoms with Gasteiger partial charge >= 0.3 is 0 Å². The molecule has 0 saturated heterocycles. The van der Waals surface area contributed by atoms with Crippen molar-refractivity contribution in [2.24, 2.45) is 5.92 Å². The van der Waals surface area contributed by atoms with Crippen molar-refractivity contribution in [2.75, 3.05) is 0 Å². The van der Waals surface area contributed by atoms with Crippen molar-refractivity contribution in [1.82, 2.24) is 0 Å². The summed E-state index contributed by atoms with van der Waals surface area (Å²) in [7, 11) is 0. The predicted molar refractivity (Wildman–Crippen MR) is 29.6 cm³/mol. The Labute approximate surface area is 49.3 Å². The minimum atomic E-state index is -0.0556. The maximum absolute atomic E-state index is 8.26. The highest BCUT2D eigenvalue weighted by molar-refractivity contribution is 4.88. The van der Waals surface area contributed by atoms with Gasteiger partial charge in [-0.3, -0.25) is 0 Å². The summed E-state index contributed by atoms with van der Waals surface area (Å²) in [6.07, 6.45) is 1.15. The van der Waals surface area contributed by atoms with Crippen LogP contribution in [-0.2, 0) is 0 Å². The first kappa shape index (κ1) is 6.98. The molecule has 0 amide bonds. The van der Waals surface area contributed by atoms with E-state index >= 15 is 0 Å². The van der Waals surface area contributed by atoms with Crippen LogP contribution in [0.25, 0.3) is 0 Å². The van der Waals surface area contributed by atoms with Gasteiger partial charge in [-0.15, -0.1) is 0 Å². The van der Waals surface area contributed by atoms with E-state index in [4.69, 9.17) is 10.5 Å². The molecule has 0 aromatic rings. The van der Waals surface area contributed by atoms with Crippen LogP contribution in [0.4, 0.5) is 0 Å². The number of nitriles is 2. The van der Waals surface area contributed by atoms with E-state index in [2.05, 4.69) is 0 Å². The normalized spacial score (nSPS) is 11.4. The van der Waals surface area contributed by atoms with Gasteiger partial charge in [-0.1, -0.05) is 6.92 Å². The van der Waals surface area contributed by atoms with Crippen molar-refractivity contribution in [3.63, 3.8) is 0 Å². The van der Waals surface area contributed by atoms with Crippen LogP contribution in [0.3, 0.4) is 0 Å². The molecule has 2 heteroatoms. The molecule has 0 fully saturated rings. The van der Waals surface area contributed by atoms with Gasteiger partial charge in [0.1, 0.15) is 0 Å². The van der Waals surface area contributed by atoms with Gasteiger partial charge in [0.2, 0.25) is 0 Å². The maximum atomic E-state index is 8.26. The average molecular weight is 108 g/mol. The van der Waals surface area contributed by atoms with E-state index in [1.807, 2.05) is 19.1 Å². The van der Waals surface area contributed by atoms with E-state index in [1.165, 1.54) is 0 Å². The molecule has 0 aliphatic carbocycles. The minimum absolute atomic E-state index is 0.0556. The van der Waals surface area contributed by atoms with Gasteiger partial charge in [-0.05, 0) is 6.42 Å². The fraction of sp³-hybridized carbons (Fsp3) is 0.667. The van der Waals surface area contributed by atoms with Crippen LogP contribution in [0.2, 0.25) is 0 Å². The first-order valence-electron chi connectivity index (χ1n) is 2.61. The standard InChI is InChI=1S/C6H8N2/c1-2-6(5-8)3-4-7/h6H,2-3H2,1H3. The molecule has 0 radical (unpaired) electrons. The Balaban J connectivity index is 3.45. The quantitative estimate of drug-likeness (QED) is 0.537. The van der Waals surface area contributed by atoms with E-state index in [1.54, 1.807) is 0 Å². The van der Waals surface area contributed by atoms with E-state index in [0.717, 1.165) is 6.42 Å². The fourth-order valence-electron chi connectivity index (χ4n) is 0.391. The van der Waals surface area contributed by atoms with Crippen molar-refractivity contribution in [3.05, 3.63) is 0 Å². The number of rotatable bonds is 2. The van der Waals surface area contributed by atoms with Gasteiger partial charge in [-0.2, -0.15) is 10.5 Å². The van der Waals surface area contributed by atoms with Gasteiger partial charge in [0.05, 0.1) is 24.5 Å². The third-order valence-corrected chi connectivity index (χ3v) is 1.01. The topological polar surface area (TPSA) is 47.6 Å². The van der Waals surface area contributed by atoms with Crippen LogP contribution >= 0.6 is 0 Å². The SMILES string of the molecule is CCC(C#N)CC#N. The van der Waals surface area contributed by atoms with Gasteiger partial charge < -0.3 is 0 Å². The molecule has 0 aromatic heterocycles. The summed E-state index contributed by atoms with van der Waals surface area (Å²) in [5.74, 6) is -0.0556. The third kappa shape index (κ3) is 2.21. The highest BCUT2D eigenvalue weighted by Gasteiger charge is 2.00. The Morgan fingerprint density at radius 1 is 1.50 bits per heavy atom. The number of nitrogens with zero attached hydrogens (tertiary/aromatic N) is 2. The average Bonchev–Trinajstić information content (AvgIpc) is 1.83. The third-order valence-electron chi connectivity index (χ3n) is 1.01. The van der Waals surface area contributed by atoms with Crippen molar-refractivity contribution in [3.8, 4) is 12.1 Å². The summed E-state index contributed by atoms with van der Waals surface area (Å²) in [5, 5.41) is 16.4. The Bertz CT molecular complexity index is 126. The van der Waals surface area contributed by atoms with Crippen molar-refractivity contribution in [1.29, 1.82) is 10.5 Å². The zero-order chi connectivity index (χ0) is 6.41. The molecule has 0 aliphatic rings. The van der Waals surface area contributed by atoms with Crippen LogP contribution < -0.4 is 0 Å². The number of hydrogen-bond acceptors (Lipinski definition) is 2. The van der Waals surface area contributed by atoms with E-state index in [9.17, 15) is 0 Å². The molecule has 8 heavy (non-hydrogen) atoms. The molecule has 0 aromatic carbocycles. The van der Waals surface area contributed by atoms with Gasteiger partial charge in [0, 0.05) is 0 Å². The molecule has 1 atom stereocenters. The van der Waals surface area contributed by atoms with E-state index in [0.29, 0.717) is 6.42 Å². The van der Waals surface area contributed by atoms with Gasteiger partial charge in [0.15, 0.2) is 0 Å². The molecule has 42 valence electrons. The Kier molecular flexibility index (Phi) is 3.62. The van der Waals surface area contributed by atoms with Crippen LogP contribution in [-0.4, -0.2) is 0 Å². The second-order valence-corrected chi connectivity index (χ2v) is 1.60. The highest BCUT2D eigenvalue weighted by atomic mass is 14.3. The smallest absolute Gasteiger partial charge is 0.0666 e. The Morgan fingerprint density at radius 2 is 2.12 bits per heavy atom. The molecule has 0 N–H and O–H groups in total. The number of hydrogen-bond donors (Lipinski definition) is 0. The molecule has 0 aliphatic heterocycles. The van der Waals surface area contributed by atoms with Crippen LogP contribution in [0.5, 0.6) is 0 Å². The van der Waals surface area contributed by atoms with Crippen molar-refractivity contribution in [2.45, 2.75) is 19.8 Å². The molecule has 0 bridgehead atoms. The highest BCUT2D eigenvalue weighted by Crippen LogP contribution is 2.03. The van der Waals surface area contributed by atoms with Crippen LogP contribution in [0.1, 0.15) is 19.8 Å². The summed E-state index contributed by atoms with van der Waals surface area (Å²) >= 11 is 0. The molecular formula is C6H8N2. The second kappa shape index (κ2) is 4.15. The lowest BCUT2D eigenvalue weighted by Crippen LogP contribution is -1.90. The van der Waals surface area contributed by atoms with Crippen LogP contribution in [0, 0.1) is 28.6 Å². The lowest BCUT2D eigenvalue weighted by molar-refractivity contribution is 0.659. The minimum Gasteiger partial charge on any atom is -0.198 e. The zero-order valence-corrected chi connectivity index (χ0v) is 4.89. The molecule has 1 unspecified atom stereocenters. The van der Waals surface area contributed by atoms with E-state index in [-0.39, 0.29) is 5.92 Å². The largest absolute Gasteiger partial charge is 0.198 e. The Hall–Kier alpha value is -1.02. The van der Waals surface area contributed by atoms with Gasteiger partial charge in [-0.25, -0.2) is 0 Å². The maximum Gasteiger partial charge on any atom is 0.0666 e. The molecule has 0 rings (SSSR count). The first-order chi connectivity index (χ1) is 3.85. The van der Waals surface area contributed by atoms with E-state index < -0.39 is 0 Å². The summed E-state index contributed by atoms with van der Waals surface area (Å²) in [6.45, 7) is 1.91. The molecular weight excluding hydrogens is 100 g/mol. The zero-order valence-electron chi connectivity index (χ0n) is 4.89. The summed E-state index contributed by atoms with van der Waals surface area (Å²) in [5.41, 5.74) is 0. The lowest BCUT2D eigenvalue weighted by Gasteiger charge is -1.93. The second-order valence-electron chi connectivity index (χ2n) is 1.60. The fourth-order valence-corrected chi connectivity index (χ4v) is 0.391. The predicted octanol–water partition coefficient (Wildman–Crippen LogP) is 1.45. The lowest BCUT2D eigenvalue weighted by atomic mass is 10.1. The summed E-state index contributed by atoms with van der Waals surface area (Å²) in [4.78, 5) is 0. The molecule has 0 saturated carbocycles. The summed E-state index contributed by atoms with van der Waals surface area (Å²) in [6, 6.07) is 3.98. The van der Waals surface area contributed by atoms with Crippen molar-refractivity contribution < 1.29 is 0 Å². The summed E-state index contributed by atoms with van der Waals surface area (Å²) < 4.78 is 0. The van der Waals surface area contributed by atoms with Gasteiger partial charge in [0.25, 0.3) is 0 Å².